The summed E-state index contributed by atoms with van der Waals surface area (Å²) in [6.45, 7) is 8.19. The Morgan fingerprint density at radius 1 is 1.15 bits per heavy atom. The lowest BCUT2D eigenvalue weighted by Crippen LogP contribution is -2.16. The molecule has 1 unspecified atom stereocenters. The molecule has 1 aromatic rings. The van der Waals surface area contributed by atoms with Gasteiger partial charge in [-0.2, -0.15) is 0 Å². The van der Waals surface area contributed by atoms with Crippen LogP contribution in [0, 0.1) is 5.92 Å². The van der Waals surface area contributed by atoms with Gasteiger partial charge < -0.3 is 9.84 Å². The minimum absolute atomic E-state index is 0.234. The van der Waals surface area contributed by atoms with Crippen LogP contribution < -0.4 is 0 Å². The normalized spacial score (nSPS) is 14.1. The van der Waals surface area contributed by atoms with E-state index in [2.05, 4.69) is 26.0 Å². The lowest BCUT2D eigenvalue weighted by Gasteiger charge is -2.13. The monoisotopic (exact) mass is 278 g/mol. The first kappa shape index (κ1) is 16.7. The molecule has 0 aromatic heterocycles. The summed E-state index contributed by atoms with van der Waals surface area (Å²) in [7, 11) is 0. The minimum atomic E-state index is -0.437. The van der Waals surface area contributed by atoms with Gasteiger partial charge in [-0.25, -0.2) is 0 Å². The van der Waals surface area contributed by atoms with E-state index < -0.39 is 6.10 Å². The molecule has 112 valence electrons. The van der Waals surface area contributed by atoms with Crippen LogP contribution >= 0.6 is 0 Å². The summed E-state index contributed by atoms with van der Waals surface area (Å²) < 4.78 is 5.16. The molecule has 3 nitrogen and oxygen atoms in total. The number of rotatable bonds is 7. The highest BCUT2D eigenvalue weighted by molar-refractivity contribution is 5.77. The molecule has 1 aromatic carbocycles. The SMILES string of the molecule is CC(C)Cc1ccc([C@H](C)C(=O)OCCC(C)O)cc1. The Hall–Kier alpha value is -1.35. The maximum atomic E-state index is 11.9. The number of aliphatic hydroxyl groups excluding tert-OH is 1. The first-order chi connectivity index (χ1) is 9.40. The Morgan fingerprint density at radius 2 is 1.75 bits per heavy atom. The van der Waals surface area contributed by atoms with Crippen molar-refractivity contribution in [3.05, 3.63) is 35.4 Å². The Morgan fingerprint density at radius 3 is 2.25 bits per heavy atom. The highest BCUT2D eigenvalue weighted by atomic mass is 16.5. The highest BCUT2D eigenvalue weighted by Gasteiger charge is 2.16. The number of hydrogen-bond acceptors (Lipinski definition) is 3. The number of carbonyl (C=O) groups excluding carboxylic acids is 1. The molecule has 0 saturated carbocycles. The zero-order valence-electron chi connectivity index (χ0n) is 12.9. The molecule has 0 heterocycles. The molecule has 0 aliphatic carbocycles. The van der Waals surface area contributed by atoms with Crippen molar-refractivity contribution in [1.82, 2.24) is 0 Å². The second kappa shape index (κ2) is 8.05. The molecule has 0 fully saturated rings. The van der Waals surface area contributed by atoms with Gasteiger partial charge in [0.25, 0.3) is 0 Å². The fraction of sp³-hybridized carbons (Fsp3) is 0.588. The molecule has 2 atom stereocenters. The molecule has 0 aliphatic heterocycles. The van der Waals surface area contributed by atoms with Crippen molar-refractivity contribution in [2.24, 2.45) is 5.92 Å². The molecule has 0 aliphatic rings. The summed E-state index contributed by atoms with van der Waals surface area (Å²) in [4.78, 5) is 11.9. The van der Waals surface area contributed by atoms with Crippen molar-refractivity contribution in [2.75, 3.05) is 6.61 Å². The maximum Gasteiger partial charge on any atom is 0.313 e. The van der Waals surface area contributed by atoms with Crippen LogP contribution in [0.15, 0.2) is 24.3 Å². The number of benzene rings is 1. The predicted octanol–water partition coefficient (Wildman–Crippen LogP) is 3.30. The third-order valence-electron chi connectivity index (χ3n) is 3.26. The number of ether oxygens (including phenoxy) is 1. The minimum Gasteiger partial charge on any atom is -0.465 e. The second-order valence-corrected chi connectivity index (χ2v) is 5.87. The van der Waals surface area contributed by atoms with Crippen LogP contribution in [0.1, 0.15) is 51.2 Å². The standard InChI is InChI=1S/C17H26O3/c1-12(2)11-15-5-7-16(8-6-15)14(4)17(19)20-10-9-13(3)18/h5-8,12-14,18H,9-11H2,1-4H3/t13?,14-/m0/s1. The summed E-state index contributed by atoms with van der Waals surface area (Å²) in [5.74, 6) is 0.128. The quantitative estimate of drug-likeness (QED) is 0.778. The molecular weight excluding hydrogens is 252 g/mol. The summed E-state index contributed by atoms with van der Waals surface area (Å²) in [6.07, 6.45) is 1.09. The number of esters is 1. The Labute approximate surface area is 122 Å². The lowest BCUT2D eigenvalue weighted by molar-refractivity contribution is -0.145. The average Bonchev–Trinajstić information content (AvgIpc) is 2.37. The van der Waals surface area contributed by atoms with E-state index in [0.29, 0.717) is 12.3 Å². The molecule has 0 saturated heterocycles. The Kier molecular flexibility index (Phi) is 6.73. The van der Waals surface area contributed by atoms with Crippen molar-refractivity contribution < 1.29 is 14.6 Å². The summed E-state index contributed by atoms with van der Waals surface area (Å²) in [6, 6.07) is 8.15. The van der Waals surface area contributed by atoms with Gasteiger partial charge in [-0.15, -0.1) is 0 Å². The van der Waals surface area contributed by atoms with Gasteiger partial charge in [-0.05, 0) is 37.3 Å². The molecular formula is C17H26O3. The topological polar surface area (TPSA) is 46.5 Å². The molecule has 1 rings (SSSR count). The third-order valence-corrected chi connectivity index (χ3v) is 3.26. The van der Waals surface area contributed by atoms with E-state index in [9.17, 15) is 4.79 Å². The van der Waals surface area contributed by atoms with Gasteiger partial charge in [-0.3, -0.25) is 4.79 Å². The zero-order chi connectivity index (χ0) is 15.1. The van der Waals surface area contributed by atoms with Crippen molar-refractivity contribution in [3.8, 4) is 0 Å². The van der Waals surface area contributed by atoms with Crippen LogP contribution in [0.3, 0.4) is 0 Å². The van der Waals surface area contributed by atoms with Gasteiger partial charge in [0.2, 0.25) is 0 Å². The lowest BCUT2D eigenvalue weighted by atomic mass is 9.97. The van der Waals surface area contributed by atoms with Gasteiger partial charge in [0.15, 0.2) is 0 Å². The summed E-state index contributed by atoms with van der Waals surface area (Å²) in [5, 5.41) is 9.13. The van der Waals surface area contributed by atoms with E-state index in [4.69, 9.17) is 9.84 Å². The smallest absolute Gasteiger partial charge is 0.313 e. The molecule has 1 N–H and O–H groups in total. The van der Waals surface area contributed by atoms with Crippen LogP contribution in [0.2, 0.25) is 0 Å². The van der Waals surface area contributed by atoms with Gasteiger partial charge in [-0.1, -0.05) is 38.1 Å². The van der Waals surface area contributed by atoms with Crippen molar-refractivity contribution >= 4 is 5.97 Å². The van der Waals surface area contributed by atoms with Crippen LogP contribution in [0.4, 0.5) is 0 Å². The van der Waals surface area contributed by atoms with Gasteiger partial charge in [0.05, 0.1) is 18.6 Å². The Balaban J connectivity index is 2.53. The summed E-state index contributed by atoms with van der Waals surface area (Å²) >= 11 is 0. The average molecular weight is 278 g/mol. The van der Waals surface area contributed by atoms with Crippen LogP contribution in [0.25, 0.3) is 0 Å². The molecule has 0 amide bonds. The van der Waals surface area contributed by atoms with Crippen molar-refractivity contribution in [1.29, 1.82) is 0 Å². The van der Waals surface area contributed by atoms with E-state index in [1.807, 2.05) is 19.1 Å². The molecule has 0 radical (unpaired) electrons. The van der Waals surface area contributed by atoms with Crippen LogP contribution in [-0.4, -0.2) is 23.8 Å². The first-order valence-electron chi connectivity index (χ1n) is 7.33. The fourth-order valence-corrected chi connectivity index (χ4v) is 2.00. The van der Waals surface area contributed by atoms with Crippen molar-refractivity contribution in [2.45, 2.75) is 52.6 Å². The largest absolute Gasteiger partial charge is 0.465 e. The van der Waals surface area contributed by atoms with Gasteiger partial charge in [0.1, 0.15) is 0 Å². The number of aliphatic hydroxyl groups is 1. The molecule has 0 spiro atoms. The maximum absolute atomic E-state index is 11.9. The molecule has 3 heteroatoms. The Bertz CT molecular complexity index is 407. The van der Waals surface area contributed by atoms with E-state index in [0.717, 1.165) is 12.0 Å². The van der Waals surface area contributed by atoms with Crippen LogP contribution in [0.5, 0.6) is 0 Å². The zero-order valence-corrected chi connectivity index (χ0v) is 12.9. The van der Waals surface area contributed by atoms with E-state index >= 15 is 0 Å². The third kappa shape index (κ3) is 5.74. The van der Waals surface area contributed by atoms with Crippen LogP contribution in [-0.2, 0) is 16.0 Å². The second-order valence-electron chi connectivity index (χ2n) is 5.87. The molecule has 0 bridgehead atoms. The van der Waals surface area contributed by atoms with E-state index in [1.165, 1.54) is 5.56 Å². The van der Waals surface area contributed by atoms with Gasteiger partial charge >= 0.3 is 5.97 Å². The highest BCUT2D eigenvalue weighted by Crippen LogP contribution is 2.19. The fourth-order valence-electron chi connectivity index (χ4n) is 2.00. The van der Waals surface area contributed by atoms with E-state index in [1.54, 1.807) is 6.92 Å². The van der Waals surface area contributed by atoms with E-state index in [-0.39, 0.29) is 18.5 Å². The van der Waals surface area contributed by atoms with Gasteiger partial charge in [0, 0.05) is 6.42 Å². The summed E-state index contributed by atoms with van der Waals surface area (Å²) in [5.41, 5.74) is 2.26. The number of carbonyl (C=O) groups is 1. The first-order valence-corrected chi connectivity index (χ1v) is 7.33. The number of hydrogen-bond donors (Lipinski definition) is 1. The molecule has 20 heavy (non-hydrogen) atoms. The van der Waals surface area contributed by atoms with Crippen molar-refractivity contribution in [3.63, 3.8) is 0 Å². The predicted molar refractivity (Wildman–Crippen MR) is 80.7 cm³/mol.